The van der Waals surface area contributed by atoms with E-state index >= 15 is 0 Å². The molecule has 1 rings (SSSR count). The van der Waals surface area contributed by atoms with Gasteiger partial charge in [-0.15, -0.1) is 0 Å². The molecule has 4 nitrogen and oxygen atoms in total. The fraction of sp³-hybridized carbons (Fsp3) is 0.909. The zero-order chi connectivity index (χ0) is 12.3. The fourth-order valence-electron chi connectivity index (χ4n) is 2.15. The predicted molar refractivity (Wildman–Crippen MR) is 66.7 cm³/mol. The minimum Gasteiger partial charge on any atom is -0.299 e. The van der Waals surface area contributed by atoms with Crippen LogP contribution in [0.5, 0.6) is 0 Å². The first kappa shape index (κ1) is 13.9. The number of nitrogens with zero attached hydrogens (tertiary/aromatic N) is 2. The van der Waals surface area contributed by atoms with E-state index in [0.29, 0.717) is 12.6 Å². The molecule has 5 heteroatoms. The first-order chi connectivity index (χ1) is 7.30. The third kappa shape index (κ3) is 4.03. The first-order valence-corrected chi connectivity index (χ1v) is 7.60. The van der Waals surface area contributed by atoms with Crippen molar-refractivity contribution in [2.24, 2.45) is 0 Å². The Morgan fingerprint density at radius 2 is 2.06 bits per heavy atom. The van der Waals surface area contributed by atoms with Crippen molar-refractivity contribution in [3.8, 4) is 0 Å². The van der Waals surface area contributed by atoms with E-state index in [2.05, 4.69) is 18.7 Å². The molecule has 1 unspecified atom stereocenters. The van der Waals surface area contributed by atoms with E-state index in [1.54, 1.807) is 7.05 Å². The largest absolute Gasteiger partial charge is 0.299 e. The van der Waals surface area contributed by atoms with Crippen LogP contribution in [0.4, 0.5) is 0 Å². The molecule has 1 aliphatic heterocycles. The van der Waals surface area contributed by atoms with Gasteiger partial charge >= 0.3 is 0 Å². The molecular formula is C11H23N2O2S. The van der Waals surface area contributed by atoms with Crippen molar-refractivity contribution in [3.05, 3.63) is 5.92 Å². The van der Waals surface area contributed by atoms with E-state index in [-0.39, 0.29) is 0 Å². The standard InChI is InChI=1S/C11H23N2O2S/c1-10(2)8-13-7-5-6-11(13)9-12(3)16(4,14)15/h11H,5-9H2,1-4H3. The zero-order valence-electron chi connectivity index (χ0n) is 10.7. The van der Waals surface area contributed by atoms with Crippen LogP contribution in [0.2, 0.25) is 0 Å². The monoisotopic (exact) mass is 247 g/mol. The Bertz CT molecular complexity index is 314. The lowest BCUT2D eigenvalue weighted by Crippen LogP contribution is -2.41. The Balaban J connectivity index is 2.53. The average molecular weight is 247 g/mol. The lowest BCUT2D eigenvalue weighted by Gasteiger charge is -2.28. The van der Waals surface area contributed by atoms with Gasteiger partial charge in [-0.25, -0.2) is 12.7 Å². The van der Waals surface area contributed by atoms with Gasteiger partial charge in [-0.3, -0.25) is 4.90 Å². The van der Waals surface area contributed by atoms with E-state index in [1.807, 2.05) is 0 Å². The topological polar surface area (TPSA) is 40.6 Å². The van der Waals surface area contributed by atoms with E-state index in [1.165, 1.54) is 22.9 Å². The Kier molecular flexibility index (Phi) is 4.76. The maximum atomic E-state index is 11.4. The van der Waals surface area contributed by atoms with Gasteiger partial charge in [0.25, 0.3) is 0 Å². The third-order valence-electron chi connectivity index (χ3n) is 3.05. The third-order valence-corrected chi connectivity index (χ3v) is 4.33. The Labute approximate surface area is 99.7 Å². The number of sulfonamides is 1. The van der Waals surface area contributed by atoms with Gasteiger partial charge in [0.05, 0.1) is 6.26 Å². The molecule has 16 heavy (non-hydrogen) atoms. The summed E-state index contributed by atoms with van der Waals surface area (Å²) in [6.45, 7) is 6.94. The minimum atomic E-state index is -3.04. The number of rotatable bonds is 5. The maximum absolute atomic E-state index is 11.4. The van der Waals surface area contributed by atoms with E-state index in [0.717, 1.165) is 19.5 Å². The molecule has 0 aromatic rings. The lowest BCUT2D eigenvalue weighted by atomic mass is 10.1. The molecule has 1 fully saturated rings. The minimum absolute atomic E-state index is 0.384. The highest BCUT2D eigenvalue weighted by Gasteiger charge is 2.27. The highest BCUT2D eigenvalue weighted by Crippen LogP contribution is 2.20. The van der Waals surface area contributed by atoms with Crippen LogP contribution in [0.1, 0.15) is 26.7 Å². The smallest absolute Gasteiger partial charge is 0.211 e. The molecular weight excluding hydrogens is 224 g/mol. The van der Waals surface area contributed by atoms with Crippen molar-refractivity contribution in [3.63, 3.8) is 0 Å². The molecule has 0 aromatic carbocycles. The van der Waals surface area contributed by atoms with Crippen molar-refractivity contribution in [2.45, 2.75) is 32.7 Å². The summed E-state index contributed by atoms with van der Waals surface area (Å²) in [5.74, 6) is 1.38. The summed E-state index contributed by atoms with van der Waals surface area (Å²) in [6, 6.07) is 0.384. The summed E-state index contributed by atoms with van der Waals surface area (Å²) in [6.07, 6.45) is 3.55. The van der Waals surface area contributed by atoms with Crippen molar-refractivity contribution < 1.29 is 8.42 Å². The second-order valence-corrected chi connectivity index (χ2v) is 7.11. The summed E-state index contributed by atoms with van der Waals surface area (Å²) in [4.78, 5) is 2.39. The molecule has 1 heterocycles. The molecule has 0 saturated carbocycles. The van der Waals surface area contributed by atoms with Gasteiger partial charge in [-0.1, -0.05) is 13.8 Å². The second-order valence-electron chi connectivity index (χ2n) is 5.02. The quantitative estimate of drug-likeness (QED) is 0.726. The van der Waals surface area contributed by atoms with Gasteiger partial charge < -0.3 is 0 Å². The van der Waals surface area contributed by atoms with Crippen LogP contribution in [-0.2, 0) is 10.0 Å². The van der Waals surface area contributed by atoms with E-state index < -0.39 is 10.0 Å². The van der Waals surface area contributed by atoms with Crippen molar-refractivity contribution in [1.29, 1.82) is 0 Å². The van der Waals surface area contributed by atoms with Crippen LogP contribution in [-0.4, -0.2) is 56.6 Å². The Hall–Kier alpha value is -0.130. The highest BCUT2D eigenvalue weighted by atomic mass is 32.2. The molecule has 0 N–H and O–H groups in total. The number of hydrogen-bond donors (Lipinski definition) is 0. The molecule has 95 valence electrons. The van der Waals surface area contributed by atoms with Gasteiger partial charge in [0.15, 0.2) is 0 Å². The molecule has 1 atom stereocenters. The first-order valence-electron chi connectivity index (χ1n) is 5.75. The second kappa shape index (κ2) is 5.47. The number of likely N-dealkylation sites (N-methyl/N-ethyl adjacent to an activating group) is 1. The molecule has 1 saturated heterocycles. The number of likely N-dealkylation sites (tertiary alicyclic amines) is 1. The van der Waals surface area contributed by atoms with Gasteiger partial charge in [-0.2, -0.15) is 0 Å². The van der Waals surface area contributed by atoms with Crippen LogP contribution in [0.25, 0.3) is 0 Å². The number of hydrogen-bond acceptors (Lipinski definition) is 3. The molecule has 0 aromatic heterocycles. The van der Waals surface area contributed by atoms with Crippen LogP contribution in [0, 0.1) is 5.92 Å². The van der Waals surface area contributed by atoms with Gasteiger partial charge in [0, 0.05) is 26.2 Å². The molecule has 0 spiro atoms. The molecule has 1 radical (unpaired) electrons. The Morgan fingerprint density at radius 3 is 2.56 bits per heavy atom. The summed E-state index contributed by atoms with van der Waals surface area (Å²) in [5.41, 5.74) is 0. The van der Waals surface area contributed by atoms with Gasteiger partial charge in [-0.05, 0) is 25.3 Å². The van der Waals surface area contributed by atoms with Crippen LogP contribution in [0.3, 0.4) is 0 Å². The van der Waals surface area contributed by atoms with Crippen LogP contribution < -0.4 is 0 Å². The summed E-state index contributed by atoms with van der Waals surface area (Å²) in [5, 5.41) is 0. The molecule has 0 bridgehead atoms. The van der Waals surface area contributed by atoms with Gasteiger partial charge in [0.2, 0.25) is 10.0 Å². The SMILES string of the molecule is C[C](C)CN1CCCC1CN(C)S(C)(=O)=O. The molecule has 0 aliphatic carbocycles. The van der Waals surface area contributed by atoms with Gasteiger partial charge in [0.1, 0.15) is 0 Å². The van der Waals surface area contributed by atoms with Crippen molar-refractivity contribution >= 4 is 10.0 Å². The lowest BCUT2D eigenvalue weighted by molar-refractivity contribution is 0.235. The van der Waals surface area contributed by atoms with E-state index in [9.17, 15) is 8.42 Å². The Morgan fingerprint density at radius 1 is 1.44 bits per heavy atom. The summed E-state index contributed by atoms with van der Waals surface area (Å²) < 4.78 is 24.2. The normalized spacial score (nSPS) is 23.5. The average Bonchev–Trinajstić information content (AvgIpc) is 2.50. The van der Waals surface area contributed by atoms with Crippen LogP contribution in [0.15, 0.2) is 0 Å². The highest BCUT2D eigenvalue weighted by molar-refractivity contribution is 7.88. The van der Waals surface area contributed by atoms with E-state index in [4.69, 9.17) is 0 Å². The summed E-state index contributed by atoms with van der Waals surface area (Å²) >= 11 is 0. The molecule has 1 aliphatic rings. The fourth-order valence-corrected chi connectivity index (χ4v) is 2.59. The van der Waals surface area contributed by atoms with Crippen LogP contribution >= 0.6 is 0 Å². The van der Waals surface area contributed by atoms with Crippen molar-refractivity contribution in [2.75, 3.05) is 32.9 Å². The maximum Gasteiger partial charge on any atom is 0.211 e. The predicted octanol–water partition coefficient (Wildman–Crippen LogP) is 0.956. The zero-order valence-corrected chi connectivity index (χ0v) is 11.5. The molecule has 0 amide bonds. The summed E-state index contributed by atoms with van der Waals surface area (Å²) in [7, 11) is -1.38. The van der Waals surface area contributed by atoms with Crippen molar-refractivity contribution in [1.82, 2.24) is 9.21 Å².